The number of carbonyl (C=O) groups is 1. The van der Waals surface area contributed by atoms with Crippen molar-refractivity contribution >= 4 is 6.03 Å². The second-order valence-electron chi connectivity index (χ2n) is 4.17. The molecule has 0 aromatic heterocycles. The van der Waals surface area contributed by atoms with Crippen molar-refractivity contribution in [2.24, 2.45) is 5.73 Å². The molecule has 2 aliphatic rings. The topological polar surface area (TPSA) is 76.8 Å². The van der Waals surface area contributed by atoms with E-state index in [0.717, 1.165) is 13.0 Å². The molecule has 2 heterocycles. The van der Waals surface area contributed by atoms with Gasteiger partial charge in [-0.25, -0.2) is 4.79 Å². The normalized spacial score (nSPS) is 30.4. The molecule has 0 aromatic rings. The Morgan fingerprint density at radius 1 is 1.38 bits per heavy atom. The van der Waals surface area contributed by atoms with Crippen molar-refractivity contribution < 1.29 is 14.3 Å². The first-order valence-corrected chi connectivity index (χ1v) is 5.74. The van der Waals surface area contributed by atoms with Crippen LogP contribution in [0.25, 0.3) is 0 Å². The zero-order valence-electron chi connectivity index (χ0n) is 9.35. The van der Waals surface area contributed by atoms with Crippen LogP contribution in [0.15, 0.2) is 0 Å². The zero-order chi connectivity index (χ0) is 11.4. The molecule has 6 heteroatoms. The highest BCUT2D eigenvalue weighted by atomic mass is 16.5. The molecule has 0 aliphatic carbocycles. The summed E-state index contributed by atoms with van der Waals surface area (Å²) in [7, 11) is 0. The molecule has 2 saturated heterocycles. The van der Waals surface area contributed by atoms with Crippen LogP contribution in [0.1, 0.15) is 6.42 Å². The van der Waals surface area contributed by atoms with Crippen molar-refractivity contribution in [2.45, 2.75) is 18.5 Å². The summed E-state index contributed by atoms with van der Waals surface area (Å²) in [4.78, 5) is 13.7. The van der Waals surface area contributed by atoms with E-state index in [1.54, 1.807) is 4.90 Å². The predicted molar refractivity (Wildman–Crippen MR) is 58.1 cm³/mol. The Hall–Kier alpha value is -0.850. The summed E-state index contributed by atoms with van der Waals surface area (Å²) in [5.74, 6) is 0. The Bertz CT molecular complexity index is 243. The minimum Gasteiger partial charge on any atom is -0.379 e. The molecular weight excluding hydrogens is 210 g/mol. The molecule has 0 aromatic carbocycles. The molecule has 2 amide bonds. The van der Waals surface area contributed by atoms with Crippen LogP contribution in [-0.4, -0.2) is 62.5 Å². The van der Waals surface area contributed by atoms with Crippen LogP contribution >= 0.6 is 0 Å². The molecule has 0 radical (unpaired) electrons. The Balaban J connectivity index is 1.86. The fourth-order valence-corrected chi connectivity index (χ4v) is 2.02. The summed E-state index contributed by atoms with van der Waals surface area (Å²) in [5.41, 5.74) is 5.61. The van der Waals surface area contributed by atoms with Crippen LogP contribution in [0.4, 0.5) is 4.79 Å². The lowest BCUT2D eigenvalue weighted by atomic mass is 10.2. The van der Waals surface area contributed by atoms with Gasteiger partial charge in [0.1, 0.15) is 0 Å². The molecular formula is C10H19N3O3. The van der Waals surface area contributed by atoms with E-state index in [2.05, 4.69) is 5.32 Å². The first-order valence-electron chi connectivity index (χ1n) is 5.74. The second-order valence-corrected chi connectivity index (χ2v) is 4.17. The molecule has 92 valence electrons. The lowest BCUT2D eigenvalue weighted by Crippen LogP contribution is -2.56. The van der Waals surface area contributed by atoms with Crippen molar-refractivity contribution in [1.29, 1.82) is 0 Å². The number of nitrogens with zero attached hydrogens (tertiary/aromatic N) is 1. The Morgan fingerprint density at radius 2 is 2.19 bits per heavy atom. The lowest BCUT2D eigenvalue weighted by molar-refractivity contribution is 0.0150. The van der Waals surface area contributed by atoms with Crippen molar-refractivity contribution in [1.82, 2.24) is 10.2 Å². The highest BCUT2D eigenvalue weighted by molar-refractivity contribution is 5.75. The number of rotatable bonds is 2. The molecule has 3 N–H and O–H groups in total. The maximum atomic E-state index is 12.0. The minimum absolute atomic E-state index is 0.00364. The Morgan fingerprint density at radius 3 is 2.88 bits per heavy atom. The number of morpholine rings is 1. The van der Waals surface area contributed by atoms with Crippen molar-refractivity contribution in [3.63, 3.8) is 0 Å². The van der Waals surface area contributed by atoms with Crippen molar-refractivity contribution in [3.8, 4) is 0 Å². The van der Waals surface area contributed by atoms with Gasteiger partial charge in [-0.1, -0.05) is 0 Å². The fraction of sp³-hybridized carbons (Fsp3) is 0.900. The third-order valence-electron chi connectivity index (χ3n) is 3.02. The molecule has 2 fully saturated rings. The third-order valence-corrected chi connectivity index (χ3v) is 3.02. The number of nitrogens with two attached hydrogens (primary N) is 1. The molecule has 2 unspecified atom stereocenters. The molecule has 0 spiro atoms. The molecule has 2 atom stereocenters. The van der Waals surface area contributed by atoms with E-state index >= 15 is 0 Å². The van der Waals surface area contributed by atoms with Crippen LogP contribution in [0.5, 0.6) is 0 Å². The number of carbonyl (C=O) groups excluding carboxylic acids is 1. The van der Waals surface area contributed by atoms with Gasteiger partial charge in [0.25, 0.3) is 0 Å². The van der Waals surface area contributed by atoms with E-state index in [0.29, 0.717) is 32.9 Å². The third kappa shape index (κ3) is 2.63. The van der Waals surface area contributed by atoms with Crippen LogP contribution in [0.3, 0.4) is 0 Å². The molecule has 16 heavy (non-hydrogen) atoms. The van der Waals surface area contributed by atoms with Gasteiger partial charge in [0.2, 0.25) is 0 Å². The first-order chi connectivity index (χ1) is 7.81. The lowest BCUT2D eigenvalue weighted by Gasteiger charge is -2.35. The maximum Gasteiger partial charge on any atom is 0.318 e. The van der Waals surface area contributed by atoms with E-state index in [1.165, 1.54) is 0 Å². The average molecular weight is 229 g/mol. The number of amides is 2. The van der Waals surface area contributed by atoms with Gasteiger partial charge in [-0.15, -0.1) is 0 Å². The Kier molecular flexibility index (Phi) is 3.98. The summed E-state index contributed by atoms with van der Waals surface area (Å²) < 4.78 is 10.5. The molecule has 0 bridgehead atoms. The number of urea groups is 1. The van der Waals surface area contributed by atoms with Gasteiger partial charge in [-0.3, -0.25) is 0 Å². The smallest absolute Gasteiger partial charge is 0.318 e. The number of hydrogen-bond donors (Lipinski definition) is 2. The van der Waals surface area contributed by atoms with Gasteiger partial charge in [-0.05, 0) is 6.42 Å². The monoisotopic (exact) mass is 229 g/mol. The highest BCUT2D eigenvalue weighted by Gasteiger charge is 2.28. The van der Waals surface area contributed by atoms with E-state index < -0.39 is 0 Å². The summed E-state index contributed by atoms with van der Waals surface area (Å²) in [6.07, 6.45) is 0.892. The van der Waals surface area contributed by atoms with Crippen LogP contribution in [0, 0.1) is 0 Å². The van der Waals surface area contributed by atoms with Gasteiger partial charge in [0.05, 0.1) is 31.9 Å². The van der Waals surface area contributed by atoms with Gasteiger partial charge < -0.3 is 25.4 Å². The van der Waals surface area contributed by atoms with Crippen molar-refractivity contribution in [3.05, 3.63) is 0 Å². The minimum atomic E-state index is -0.0470. The largest absolute Gasteiger partial charge is 0.379 e. The van der Waals surface area contributed by atoms with Gasteiger partial charge in [-0.2, -0.15) is 0 Å². The molecule has 2 aliphatic heterocycles. The number of hydrogen-bond acceptors (Lipinski definition) is 4. The SMILES string of the molecule is NCC1COCCN1C(=O)NC1CCOC1. The fourth-order valence-electron chi connectivity index (χ4n) is 2.02. The van der Waals surface area contributed by atoms with E-state index in [1.807, 2.05) is 0 Å². The van der Waals surface area contributed by atoms with Crippen LogP contribution in [-0.2, 0) is 9.47 Å². The second kappa shape index (κ2) is 5.47. The standard InChI is InChI=1S/C10H19N3O3/c11-5-9-7-16-4-2-13(9)10(14)12-8-1-3-15-6-8/h8-9H,1-7,11H2,(H,12,14). The van der Waals surface area contributed by atoms with Crippen LogP contribution < -0.4 is 11.1 Å². The van der Waals surface area contributed by atoms with Gasteiger partial charge >= 0.3 is 6.03 Å². The average Bonchev–Trinajstić information content (AvgIpc) is 2.81. The van der Waals surface area contributed by atoms with Gasteiger partial charge in [0.15, 0.2) is 0 Å². The first kappa shape index (κ1) is 11.6. The van der Waals surface area contributed by atoms with Crippen molar-refractivity contribution in [2.75, 3.05) is 39.5 Å². The molecule has 2 rings (SSSR count). The molecule has 0 saturated carbocycles. The quantitative estimate of drug-likeness (QED) is 0.646. The summed E-state index contributed by atoms with van der Waals surface area (Å²) in [6, 6.07) is 0.0964. The highest BCUT2D eigenvalue weighted by Crippen LogP contribution is 2.08. The summed E-state index contributed by atoms with van der Waals surface area (Å²) in [6.45, 7) is 3.52. The number of ether oxygens (including phenoxy) is 2. The van der Waals surface area contributed by atoms with E-state index in [-0.39, 0.29) is 18.1 Å². The zero-order valence-corrected chi connectivity index (χ0v) is 9.35. The van der Waals surface area contributed by atoms with E-state index in [9.17, 15) is 4.79 Å². The molecule has 6 nitrogen and oxygen atoms in total. The summed E-state index contributed by atoms with van der Waals surface area (Å²) >= 11 is 0. The summed E-state index contributed by atoms with van der Waals surface area (Å²) in [5, 5.41) is 2.96. The van der Waals surface area contributed by atoms with Gasteiger partial charge in [0, 0.05) is 19.7 Å². The van der Waals surface area contributed by atoms with E-state index in [4.69, 9.17) is 15.2 Å². The number of nitrogens with one attached hydrogen (secondary N) is 1. The predicted octanol–water partition coefficient (Wildman–Crippen LogP) is -0.856. The van der Waals surface area contributed by atoms with Crippen LogP contribution in [0.2, 0.25) is 0 Å². The Labute approximate surface area is 95.1 Å². The maximum absolute atomic E-state index is 12.0.